The van der Waals surface area contributed by atoms with Crippen LogP contribution < -0.4 is 0 Å². The van der Waals surface area contributed by atoms with E-state index in [0.29, 0.717) is 6.73 Å². The molecule has 0 aliphatic carbocycles. The lowest BCUT2D eigenvalue weighted by molar-refractivity contribution is 0.0850. The van der Waals surface area contributed by atoms with Gasteiger partial charge in [-0.3, -0.25) is 0 Å². The molecule has 0 saturated carbocycles. The summed E-state index contributed by atoms with van der Waals surface area (Å²) in [5.74, 6) is 0. The fourth-order valence-electron chi connectivity index (χ4n) is 1.98. The van der Waals surface area contributed by atoms with E-state index >= 15 is 0 Å². The molecule has 2 aromatic heterocycles. The first kappa shape index (κ1) is 15.7. The lowest BCUT2D eigenvalue weighted by atomic mass is 10.3. The van der Waals surface area contributed by atoms with Crippen LogP contribution in [0.2, 0.25) is 25.7 Å². The molecular weight excluding hydrogens is 336 g/mol. The molecule has 0 aliphatic rings. The van der Waals surface area contributed by atoms with Crippen LogP contribution in [0.25, 0.3) is 11.0 Å². The molecule has 0 aromatic carbocycles. The second kappa shape index (κ2) is 6.38. The van der Waals surface area contributed by atoms with E-state index in [1.807, 2.05) is 16.7 Å². The van der Waals surface area contributed by atoms with Crippen molar-refractivity contribution in [2.75, 3.05) is 6.61 Å². The minimum Gasteiger partial charge on any atom is -0.390 e. The summed E-state index contributed by atoms with van der Waals surface area (Å²) in [6, 6.07) is 4.99. The van der Waals surface area contributed by atoms with Gasteiger partial charge in [-0.25, -0.2) is 4.98 Å². The number of rotatable bonds is 6. The third-order valence-corrected chi connectivity index (χ3v) is 5.60. The number of nitrogens with zero attached hydrogens (tertiary/aromatic N) is 2. The summed E-state index contributed by atoms with van der Waals surface area (Å²) in [6.07, 6.45) is 1.76. The molecule has 20 heavy (non-hydrogen) atoms. The van der Waals surface area contributed by atoms with Gasteiger partial charge in [0.1, 0.15) is 12.4 Å². The standard InChI is InChI=1S/C14H21BrN2O2Si/c1-20(2,3)7-6-19-10-17-11(9-18)8-12-13(15)4-5-16-14(12)17/h4-5,8,18H,6-7,9-10H2,1-3H3. The average Bonchev–Trinajstić information content (AvgIpc) is 2.73. The Labute approximate surface area is 128 Å². The number of aliphatic hydroxyl groups is 1. The lowest BCUT2D eigenvalue weighted by Gasteiger charge is -2.16. The normalized spacial score (nSPS) is 12.2. The summed E-state index contributed by atoms with van der Waals surface area (Å²) in [6.45, 7) is 8.18. The fourth-order valence-corrected chi connectivity index (χ4v) is 3.14. The Bertz CT molecular complexity index is 593. The number of fused-ring (bicyclic) bond motifs is 1. The first-order valence-electron chi connectivity index (χ1n) is 6.73. The minimum absolute atomic E-state index is 0.0137. The van der Waals surface area contributed by atoms with Crippen LogP contribution in [0, 0.1) is 0 Å². The van der Waals surface area contributed by atoms with Gasteiger partial charge in [0, 0.05) is 36.4 Å². The SMILES string of the molecule is C[Si](C)(C)CCOCn1c(CO)cc2c(Br)ccnc21. The molecule has 2 heterocycles. The van der Waals surface area contributed by atoms with Crippen LogP contribution in [-0.2, 0) is 18.1 Å². The molecule has 1 N–H and O–H groups in total. The second-order valence-corrected chi connectivity index (χ2v) is 12.6. The number of ether oxygens (including phenoxy) is 1. The molecule has 0 fully saturated rings. The number of pyridine rings is 1. The fraction of sp³-hybridized carbons (Fsp3) is 0.500. The molecule has 6 heteroatoms. The number of aromatic nitrogens is 2. The molecule has 4 nitrogen and oxygen atoms in total. The van der Waals surface area contributed by atoms with E-state index in [1.165, 1.54) is 0 Å². The Morgan fingerprint density at radius 3 is 2.80 bits per heavy atom. The van der Waals surface area contributed by atoms with E-state index < -0.39 is 8.07 Å². The van der Waals surface area contributed by atoms with Gasteiger partial charge in [0.2, 0.25) is 0 Å². The molecule has 110 valence electrons. The molecular formula is C14H21BrN2O2Si. The van der Waals surface area contributed by atoms with Crippen molar-refractivity contribution in [3.8, 4) is 0 Å². The summed E-state index contributed by atoms with van der Waals surface area (Å²) in [5, 5.41) is 10.5. The summed E-state index contributed by atoms with van der Waals surface area (Å²) < 4.78 is 8.69. The number of hydrogen-bond donors (Lipinski definition) is 1. The molecule has 0 atom stereocenters. The van der Waals surface area contributed by atoms with Crippen molar-refractivity contribution < 1.29 is 9.84 Å². The van der Waals surface area contributed by atoms with Crippen molar-refractivity contribution in [2.24, 2.45) is 0 Å². The van der Waals surface area contributed by atoms with Crippen molar-refractivity contribution in [3.63, 3.8) is 0 Å². The van der Waals surface area contributed by atoms with Crippen LogP contribution in [0.1, 0.15) is 5.69 Å². The molecule has 0 unspecified atom stereocenters. The van der Waals surface area contributed by atoms with Gasteiger partial charge in [0.25, 0.3) is 0 Å². The van der Waals surface area contributed by atoms with Gasteiger partial charge >= 0.3 is 0 Å². The van der Waals surface area contributed by atoms with Crippen LogP contribution in [0.4, 0.5) is 0 Å². The first-order valence-corrected chi connectivity index (χ1v) is 11.2. The van der Waals surface area contributed by atoms with E-state index in [4.69, 9.17) is 4.74 Å². The third-order valence-electron chi connectivity index (χ3n) is 3.21. The largest absolute Gasteiger partial charge is 0.390 e. The van der Waals surface area contributed by atoms with Gasteiger partial charge < -0.3 is 14.4 Å². The van der Waals surface area contributed by atoms with Gasteiger partial charge in [0.05, 0.1) is 6.61 Å². The van der Waals surface area contributed by atoms with E-state index in [1.54, 1.807) is 6.20 Å². The monoisotopic (exact) mass is 356 g/mol. The van der Waals surface area contributed by atoms with Crippen molar-refractivity contribution in [1.82, 2.24) is 9.55 Å². The summed E-state index contributed by atoms with van der Waals surface area (Å²) in [4.78, 5) is 4.39. The summed E-state index contributed by atoms with van der Waals surface area (Å²) in [7, 11) is -1.07. The van der Waals surface area contributed by atoms with Gasteiger partial charge in [-0.2, -0.15) is 0 Å². The number of hydrogen-bond acceptors (Lipinski definition) is 3. The zero-order chi connectivity index (χ0) is 14.8. The molecule has 2 aromatic rings. The Balaban J connectivity index is 2.14. The highest BCUT2D eigenvalue weighted by molar-refractivity contribution is 9.10. The Hall–Kier alpha value is -0.693. The Morgan fingerprint density at radius 2 is 2.15 bits per heavy atom. The van der Waals surface area contributed by atoms with Crippen LogP contribution >= 0.6 is 15.9 Å². The topological polar surface area (TPSA) is 47.3 Å². The maximum absolute atomic E-state index is 9.48. The molecule has 0 aliphatic heterocycles. The van der Waals surface area contributed by atoms with Crippen LogP contribution in [0.15, 0.2) is 22.8 Å². The highest BCUT2D eigenvalue weighted by Gasteiger charge is 2.14. The van der Waals surface area contributed by atoms with Crippen molar-refractivity contribution in [2.45, 2.75) is 39.0 Å². The van der Waals surface area contributed by atoms with Crippen molar-refractivity contribution in [3.05, 3.63) is 28.5 Å². The first-order chi connectivity index (χ1) is 9.42. The molecule has 0 radical (unpaired) electrons. The maximum atomic E-state index is 9.48. The predicted octanol–water partition coefficient (Wildman–Crippen LogP) is 3.60. The van der Waals surface area contributed by atoms with Crippen LogP contribution in [0.5, 0.6) is 0 Å². The van der Waals surface area contributed by atoms with Crippen LogP contribution in [-0.4, -0.2) is 29.3 Å². The van der Waals surface area contributed by atoms with E-state index in [0.717, 1.165) is 33.9 Å². The number of halogens is 1. The highest BCUT2D eigenvalue weighted by atomic mass is 79.9. The van der Waals surface area contributed by atoms with Gasteiger partial charge in [0.15, 0.2) is 0 Å². The molecule has 0 amide bonds. The quantitative estimate of drug-likeness (QED) is 0.635. The van der Waals surface area contributed by atoms with Gasteiger partial charge in [-0.1, -0.05) is 19.6 Å². The lowest BCUT2D eigenvalue weighted by Crippen LogP contribution is -2.22. The zero-order valence-electron chi connectivity index (χ0n) is 12.2. The summed E-state index contributed by atoms with van der Waals surface area (Å²) in [5.41, 5.74) is 1.67. The molecule has 0 bridgehead atoms. The maximum Gasteiger partial charge on any atom is 0.143 e. The average molecular weight is 357 g/mol. The van der Waals surface area contributed by atoms with Crippen molar-refractivity contribution >= 4 is 35.0 Å². The van der Waals surface area contributed by atoms with E-state index in [-0.39, 0.29) is 6.61 Å². The molecule has 2 rings (SSSR count). The highest BCUT2D eigenvalue weighted by Crippen LogP contribution is 2.25. The van der Waals surface area contributed by atoms with E-state index in [2.05, 4.69) is 40.6 Å². The molecule has 0 spiro atoms. The van der Waals surface area contributed by atoms with Gasteiger partial charge in [-0.15, -0.1) is 0 Å². The minimum atomic E-state index is -1.07. The second-order valence-electron chi connectivity index (χ2n) is 6.10. The van der Waals surface area contributed by atoms with Crippen LogP contribution in [0.3, 0.4) is 0 Å². The van der Waals surface area contributed by atoms with E-state index in [9.17, 15) is 5.11 Å². The third kappa shape index (κ3) is 3.69. The zero-order valence-corrected chi connectivity index (χ0v) is 14.8. The smallest absolute Gasteiger partial charge is 0.143 e. The summed E-state index contributed by atoms with van der Waals surface area (Å²) >= 11 is 3.51. The predicted molar refractivity (Wildman–Crippen MR) is 87.5 cm³/mol. The number of aliphatic hydroxyl groups excluding tert-OH is 1. The Morgan fingerprint density at radius 1 is 1.40 bits per heavy atom. The molecule has 0 saturated heterocycles. The van der Waals surface area contributed by atoms with Gasteiger partial charge in [-0.05, 0) is 34.1 Å². The Kier molecular flexibility index (Phi) is 5.01. The van der Waals surface area contributed by atoms with Crippen molar-refractivity contribution in [1.29, 1.82) is 0 Å².